The zero-order chi connectivity index (χ0) is 11.7. The summed E-state index contributed by atoms with van der Waals surface area (Å²) in [6.45, 7) is 3.65. The molecule has 84 valence electrons. The van der Waals surface area contributed by atoms with Crippen molar-refractivity contribution >= 4 is 17.7 Å². The van der Waals surface area contributed by atoms with E-state index in [4.69, 9.17) is 5.21 Å². The number of hydrogen-bond donors (Lipinski definition) is 1. The molecule has 0 aromatic heterocycles. The highest BCUT2D eigenvalue weighted by atomic mass is 16.5. The zero-order valence-corrected chi connectivity index (χ0v) is 8.60. The van der Waals surface area contributed by atoms with Gasteiger partial charge in [-0.15, -0.1) is 0 Å². The van der Waals surface area contributed by atoms with Crippen LogP contribution in [0.4, 0.5) is 0 Å². The van der Waals surface area contributed by atoms with Crippen LogP contribution < -0.4 is 0 Å². The van der Waals surface area contributed by atoms with Crippen LogP contribution in [0, 0.1) is 0 Å². The molecule has 0 heterocycles. The minimum Gasteiger partial charge on any atom is -0.463 e. The summed E-state index contributed by atoms with van der Waals surface area (Å²) in [5.41, 5.74) is -0.357. The molecular formula is C9H13NO5. The number of esters is 2. The second-order valence-corrected chi connectivity index (χ2v) is 2.29. The van der Waals surface area contributed by atoms with Gasteiger partial charge < -0.3 is 14.7 Å². The van der Waals surface area contributed by atoms with E-state index < -0.39 is 11.9 Å². The first-order chi connectivity index (χ1) is 7.15. The number of nitrogens with zero attached hydrogens (tertiary/aromatic N) is 1. The first kappa shape index (κ1) is 13.2. The van der Waals surface area contributed by atoms with Gasteiger partial charge >= 0.3 is 11.9 Å². The van der Waals surface area contributed by atoms with Crippen molar-refractivity contribution in [2.24, 2.45) is 5.16 Å². The zero-order valence-electron chi connectivity index (χ0n) is 8.60. The second kappa shape index (κ2) is 7.54. The molecule has 6 nitrogen and oxygen atoms in total. The summed E-state index contributed by atoms with van der Waals surface area (Å²) in [6, 6.07) is 0. The average Bonchev–Trinajstić information content (AvgIpc) is 2.19. The van der Waals surface area contributed by atoms with Crippen LogP contribution in [0.3, 0.4) is 0 Å². The third kappa shape index (κ3) is 5.45. The Morgan fingerprint density at radius 2 is 1.80 bits per heavy atom. The Balaban J connectivity index is 4.34. The fourth-order valence-corrected chi connectivity index (χ4v) is 0.685. The van der Waals surface area contributed by atoms with Crippen LogP contribution in [0.1, 0.15) is 13.8 Å². The molecule has 6 heteroatoms. The van der Waals surface area contributed by atoms with Gasteiger partial charge in [0, 0.05) is 6.08 Å². The van der Waals surface area contributed by atoms with Gasteiger partial charge in [-0.1, -0.05) is 5.16 Å². The van der Waals surface area contributed by atoms with Crippen LogP contribution in [-0.4, -0.2) is 36.1 Å². The number of hydrogen-bond acceptors (Lipinski definition) is 6. The van der Waals surface area contributed by atoms with Gasteiger partial charge in [0.05, 0.1) is 13.2 Å². The lowest BCUT2D eigenvalue weighted by Crippen LogP contribution is -2.16. The lowest BCUT2D eigenvalue weighted by atomic mass is 10.3. The van der Waals surface area contributed by atoms with E-state index in [0.717, 1.165) is 12.2 Å². The van der Waals surface area contributed by atoms with Crippen LogP contribution in [0.25, 0.3) is 0 Å². The van der Waals surface area contributed by atoms with Crippen molar-refractivity contribution in [3.8, 4) is 0 Å². The molecule has 0 saturated heterocycles. The summed E-state index contributed by atoms with van der Waals surface area (Å²) < 4.78 is 9.12. The number of rotatable bonds is 5. The quantitative estimate of drug-likeness (QED) is 0.237. The predicted molar refractivity (Wildman–Crippen MR) is 51.6 cm³/mol. The first-order valence-electron chi connectivity index (χ1n) is 4.39. The maximum atomic E-state index is 11.0. The van der Waals surface area contributed by atoms with E-state index in [1.165, 1.54) is 0 Å². The lowest BCUT2D eigenvalue weighted by molar-refractivity contribution is -0.137. The molecule has 0 aromatic rings. The van der Waals surface area contributed by atoms with Crippen molar-refractivity contribution in [3.63, 3.8) is 0 Å². The van der Waals surface area contributed by atoms with E-state index in [1.807, 2.05) is 0 Å². The van der Waals surface area contributed by atoms with Gasteiger partial charge in [0.2, 0.25) is 0 Å². The second-order valence-electron chi connectivity index (χ2n) is 2.29. The van der Waals surface area contributed by atoms with Crippen LogP contribution >= 0.6 is 0 Å². The Bertz CT molecular complexity index is 282. The molecule has 0 radical (unpaired) electrons. The molecule has 0 unspecified atom stereocenters. The topological polar surface area (TPSA) is 85.2 Å². The highest BCUT2D eigenvalue weighted by Gasteiger charge is 2.10. The minimum atomic E-state index is -0.805. The number of oxime groups is 1. The smallest absolute Gasteiger partial charge is 0.360 e. The predicted octanol–water partition coefficient (Wildman–Crippen LogP) is 0.499. The summed E-state index contributed by atoms with van der Waals surface area (Å²) in [5, 5.41) is 11.1. The van der Waals surface area contributed by atoms with Gasteiger partial charge in [-0.2, -0.15) is 0 Å². The van der Waals surface area contributed by atoms with Gasteiger partial charge in [0.1, 0.15) is 0 Å². The Hall–Kier alpha value is -1.85. The Kier molecular flexibility index (Phi) is 6.61. The monoisotopic (exact) mass is 215 g/mol. The summed E-state index contributed by atoms with van der Waals surface area (Å²) in [7, 11) is 0. The van der Waals surface area contributed by atoms with Gasteiger partial charge in [0.25, 0.3) is 0 Å². The van der Waals surface area contributed by atoms with E-state index in [1.54, 1.807) is 13.8 Å². The molecular weight excluding hydrogens is 202 g/mol. The van der Waals surface area contributed by atoms with Crippen molar-refractivity contribution in [3.05, 3.63) is 12.2 Å². The molecule has 0 rings (SSSR count). The maximum absolute atomic E-state index is 11.0. The van der Waals surface area contributed by atoms with E-state index in [0.29, 0.717) is 0 Å². The lowest BCUT2D eigenvalue weighted by Gasteiger charge is -1.99. The third-order valence-electron chi connectivity index (χ3n) is 1.26. The van der Waals surface area contributed by atoms with Crippen LogP contribution in [0.2, 0.25) is 0 Å². The largest absolute Gasteiger partial charge is 0.463 e. The molecule has 0 aliphatic heterocycles. The molecule has 0 atom stereocenters. The molecule has 0 saturated carbocycles. The van der Waals surface area contributed by atoms with Gasteiger partial charge in [-0.3, -0.25) is 0 Å². The van der Waals surface area contributed by atoms with Crippen LogP contribution in [0.5, 0.6) is 0 Å². The van der Waals surface area contributed by atoms with Gasteiger partial charge in [0.15, 0.2) is 5.71 Å². The number of carbonyl (C=O) groups excluding carboxylic acids is 2. The van der Waals surface area contributed by atoms with E-state index in [9.17, 15) is 9.59 Å². The summed E-state index contributed by atoms with van der Waals surface area (Å²) in [4.78, 5) is 21.9. The third-order valence-corrected chi connectivity index (χ3v) is 1.26. The van der Waals surface area contributed by atoms with Crippen molar-refractivity contribution < 1.29 is 24.3 Å². The van der Waals surface area contributed by atoms with E-state index in [-0.39, 0.29) is 18.9 Å². The number of ether oxygens (including phenoxy) is 2. The minimum absolute atomic E-state index is 0.158. The molecule has 0 aliphatic carbocycles. The number of carbonyl (C=O) groups is 2. The molecule has 0 spiro atoms. The fourth-order valence-electron chi connectivity index (χ4n) is 0.685. The van der Waals surface area contributed by atoms with Crippen LogP contribution in [-0.2, 0) is 19.1 Å². The van der Waals surface area contributed by atoms with Crippen molar-refractivity contribution in [1.82, 2.24) is 0 Å². The average molecular weight is 215 g/mol. The molecule has 0 aliphatic rings. The van der Waals surface area contributed by atoms with E-state index in [2.05, 4.69) is 14.6 Å². The fraction of sp³-hybridized carbons (Fsp3) is 0.444. The summed E-state index contributed by atoms with van der Waals surface area (Å²) in [6.07, 6.45) is 2.01. The Labute approximate surface area is 87.2 Å². The SMILES string of the molecule is CCOC(=O)/C=C\C(=N/O)C(=O)OCC. The standard InChI is InChI=1S/C9H13NO5/c1-3-14-8(11)6-5-7(10-13)9(12)15-4-2/h5-6,13H,3-4H2,1-2H3/b6-5-,10-7+. The molecule has 0 aromatic carbocycles. The molecule has 0 amide bonds. The summed E-state index contributed by atoms with van der Waals surface area (Å²) in [5.74, 6) is -1.43. The van der Waals surface area contributed by atoms with E-state index >= 15 is 0 Å². The molecule has 1 N–H and O–H groups in total. The normalized spacial score (nSPS) is 11.5. The molecule has 15 heavy (non-hydrogen) atoms. The molecule has 0 bridgehead atoms. The Morgan fingerprint density at radius 1 is 1.20 bits per heavy atom. The first-order valence-corrected chi connectivity index (χ1v) is 4.39. The van der Waals surface area contributed by atoms with Crippen molar-refractivity contribution in [1.29, 1.82) is 0 Å². The van der Waals surface area contributed by atoms with Crippen molar-refractivity contribution in [2.45, 2.75) is 13.8 Å². The highest BCUT2D eigenvalue weighted by Crippen LogP contribution is 1.89. The molecule has 0 fully saturated rings. The van der Waals surface area contributed by atoms with Gasteiger partial charge in [-0.05, 0) is 19.9 Å². The highest BCUT2D eigenvalue weighted by molar-refractivity contribution is 6.41. The summed E-state index contributed by atoms with van der Waals surface area (Å²) >= 11 is 0. The van der Waals surface area contributed by atoms with Crippen LogP contribution in [0.15, 0.2) is 17.3 Å². The maximum Gasteiger partial charge on any atom is 0.360 e. The Morgan fingerprint density at radius 3 is 2.27 bits per heavy atom. The van der Waals surface area contributed by atoms with Gasteiger partial charge in [-0.25, -0.2) is 9.59 Å². The van der Waals surface area contributed by atoms with Crippen molar-refractivity contribution in [2.75, 3.05) is 13.2 Å².